The lowest BCUT2D eigenvalue weighted by Gasteiger charge is -2.44. The molecule has 3 atom stereocenters. The zero-order valence-electron chi connectivity index (χ0n) is 23.9. The van der Waals surface area contributed by atoms with Gasteiger partial charge in [-0.2, -0.15) is 0 Å². The number of primary sulfonamides is 1. The Bertz CT molecular complexity index is 1610. The summed E-state index contributed by atoms with van der Waals surface area (Å²) < 4.78 is 31.2. The highest BCUT2D eigenvalue weighted by Crippen LogP contribution is 2.47. The normalized spacial score (nSPS) is 23.4. The van der Waals surface area contributed by atoms with Crippen molar-refractivity contribution in [2.24, 2.45) is 17.0 Å². The second-order valence-corrected chi connectivity index (χ2v) is 15.3. The Morgan fingerprint density at radius 1 is 1.12 bits per heavy atom. The van der Waals surface area contributed by atoms with Crippen molar-refractivity contribution in [1.29, 1.82) is 0 Å². The zero-order valence-corrected chi connectivity index (χ0v) is 26.2. The van der Waals surface area contributed by atoms with E-state index in [-0.39, 0.29) is 16.1 Å². The number of sulfonamides is 1. The highest BCUT2D eigenvalue weighted by atomic mass is 35.5. The van der Waals surface area contributed by atoms with Gasteiger partial charge in [0.1, 0.15) is 11.5 Å². The molecule has 0 amide bonds. The third-order valence-corrected chi connectivity index (χ3v) is 11.5. The van der Waals surface area contributed by atoms with E-state index in [1.165, 1.54) is 22.4 Å². The molecule has 1 heterocycles. The number of carbonyl (C=O) groups is 1. The van der Waals surface area contributed by atoms with E-state index in [1.807, 2.05) is 30.0 Å². The molecule has 1 spiro atoms. The van der Waals surface area contributed by atoms with E-state index in [2.05, 4.69) is 29.2 Å². The second kappa shape index (κ2) is 11.9. The van der Waals surface area contributed by atoms with Crippen LogP contribution < -0.4 is 14.8 Å². The monoisotopic (exact) mass is 624 g/mol. The average molecular weight is 625 g/mol. The van der Waals surface area contributed by atoms with Gasteiger partial charge < -0.3 is 9.64 Å². The maximum atomic E-state index is 12.3. The fourth-order valence-electron chi connectivity index (χ4n) is 6.89. The molecule has 6 nitrogen and oxygen atoms in total. The number of anilines is 1. The van der Waals surface area contributed by atoms with Gasteiger partial charge in [0.25, 0.3) is 0 Å². The molecule has 0 radical (unpaired) electrons. The Morgan fingerprint density at radius 3 is 2.71 bits per heavy atom. The van der Waals surface area contributed by atoms with Crippen LogP contribution >= 0.6 is 23.4 Å². The van der Waals surface area contributed by atoms with Crippen molar-refractivity contribution in [2.45, 2.75) is 60.7 Å². The number of ketones is 1. The number of carbonyl (C=O) groups excluding carboxylic acids is 1. The summed E-state index contributed by atoms with van der Waals surface area (Å²) in [7, 11) is -3.86. The van der Waals surface area contributed by atoms with Gasteiger partial charge in [0.15, 0.2) is 0 Å². The molecule has 9 heteroatoms. The van der Waals surface area contributed by atoms with Crippen molar-refractivity contribution in [2.75, 3.05) is 30.3 Å². The van der Waals surface area contributed by atoms with E-state index in [0.29, 0.717) is 30.6 Å². The third-order valence-electron chi connectivity index (χ3n) is 9.18. The molecule has 0 unspecified atom stereocenters. The SMILES string of the molecule is CC(=O)Cc1cccc(SC[C@@H]2CC[C@H]2CN2C[C@@]3(CCCc4cc(Cl)ccc43)COc3ccc(S(N)(=O)=O)cc32)c1. The van der Waals surface area contributed by atoms with Crippen LogP contribution in [0, 0.1) is 11.8 Å². The second-order valence-electron chi connectivity index (χ2n) is 12.2. The minimum atomic E-state index is -3.86. The molecule has 0 saturated heterocycles. The van der Waals surface area contributed by atoms with Gasteiger partial charge in [-0.1, -0.05) is 29.8 Å². The predicted molar refractivity (Wildman–Crippen MR) is 169 cm³/mol. The number of Topliss-reactive ketones (excluding diaryl/α,β-unsaturated/α-hetero) is 1. The van der Waals surface area contributed by atoms with E-state index in [9.17, 15) is 13.2 Å². The molecule has 3 aromatic carbocycles. The van der Waals surface area contributed by atoms with Crippen molar-refractivity contribution in [3.8, 4) is 5.75 Å². The molecule has 222 valence electrons. The first-order valence-corrected chi connectivity index (χ1v) is 17.6. The van der Waals surface area contributed by atoms with Crippen LogP contribution in [0.2, 0.25) is 5.02 Å². The van der Waals surface area contributed by atoms with Crippen LogP contribution in [0.5, 0.6) is 5.75 Å². The number of halogens is 1. The van der Waals surface area contributed by atoms with Gasteiger partial charge in [0.2, 0.25) is 10.0 Å². The van der Waals surface area contributed by atoms with Gasteiger partial charge >= 0.3 is 0 Å². The number of rotatable bonds is 8. The lowest BCUT2D eigenvalue weighted by molar-refractivity contribution is -0.116. The van der Waals surface area contributed by atoms with Gasteiger partial charge in [-0.15, -0.1) is 11.8 Å². The lowest BCUT2D eigenvalue weighted by atomic mass is 9.69. The standard InChI is InChI=1S/C33H37ClN2O4S2/c1-22(37)14-23-4-2-6-28(15-23)41-19-26-8-7-25(26)18-36-20-33(13-3-5-24-16-27(34)9-11-30(24)33)21-40-32-12-10-29(17-31(32)36)42(35,38)39/h2,4,6,9-12,15-17,25-26H,3,5,7-8,13-14,18-21H2,1H3,(H2,35,38,39)/t25-,26-,33-/m0/s1. The maximum Gasteiger partial charge on any atom is 0.238 e. The Balaban J connectivity index is 1.26. The quantitative estimate of drug-likeness (QED) is 0.291. The third kappa shape index (κ3) is 6.23. The molecule has 1 aliphatic heterocycles. The minimum absolute atomic E-state index is 0.104. The number of aryl methyl sites for hydroxylation is 1. The summed E-state index contributed by atoms with van der Waals surface area (Å²) in [5.41, 5.74) is 4.20. The number of nitrogens with two attached hydrogens (primary N) is 1. The van der Waals surface area contributed by atoms with E-state index >= 15 is 0 Å². The summed E-state index contributed by atoms with van der Waals surface area (Å²) in [6.45, 7) is 3.72. The fraction of sp³-hybridized carbons (Fsp3) is 0.424. The number of ether oxygens (including phenoxy) is 1. The predicted octanol–water partition coefficient (Wildman–Crippen LogP) is 6.41. The van der Waals surface area contributed by atoms with E-state index in [1.54, 1.807) is 25.1 Å². The van der Waals surface area contributed by atoms with E-state index in [0.717, 1.165) is 60.8 Å². The van der Waals surface area contributed by atoms with Crippen molar-refractivity contribution in [3.05, 3.63) is 82.4 Å². The van der Waals surface area contributed by atoms with Crippen LogP contribution in [0.25, 0.3) is 0 Å². The van der Waals surface area contributed by atoms with Crippen molar-refractivity contribution in [1.82, 2.24) is 0 Å². The van der Waals surface area contributed by atoms with Crippen molar-refractivity contribution >= 4 is 44.9 Å². The summed E-state index contributed by atoms with van der Waals surface area (Å²) in [5.74, 6) is 2.91. The number of benzene rings is 3. The largest absolute Gasteiger partial charge is 0.490 e. The van der Waals surface area contributed by atoms with Gasteiger partial charge in [-0.25, -0.2) is 13.6 Å². The molecule has 3 aromatic rings. The smallest absolute Gasteiger partial charge is 0.238 e. The van der Waals surface area contributed by atoms with Gasteiger partial charge in [0, 0.05) is 40.6 Å². The molecule has 2 aliphatic carbocycles. The van der Waals surface area contributed by atoms with E-state index in [4.69, 9.17) is 21.5 Å². The molecule has 42 heavy (non-hydrogen) atoms. The summed E-state index contributed by atoms with van der Waals surface area (Å²) in [6.07, 6.45) is 5.82. The summed E-state index contributed by atoms with van der Waals surface area (Å²) in [6, 6.07) is 19.5. The van der Waals surface area contributed by atoms with Crippen molar-refractivity contribution in [3.63, 3.8) is 0 Å². The molecule has 2 N–H and O–H groups in total. The first kappa shape index (κ1) is 29.5. The number of thioether (sulfide) groups is 1. The number of hydrogen-bond acceptors (Lipinski definition) is 6. The molecule has 3 aliphatic rings. The summed E-state index contributed by atoms with van der Waals surface area (Å²) in [4.78, 5) is 15.3. The highest BCUT2D eigenvalue weighted by molar-refractivity contribution is 7.99. The molecule has 0 aromatic heterocycles. The van der Waals surface area contributed by atoms with Crippen LogP contribution in [0.15, 0.2) is 70.5 Å². The van der Waals surface area contributed by atoms with Crippen LogP contribution in [0.4, 0.5) is 5.69 Å². The lowest BCUT2D eigenvalue weighted by Crippen LogP contribution is -2.48. The Morgan fingerprint density at radius 2 is 1.95 bits per heavy atom. The number of nitrogens with zero attached hydrogens (tertiary/aromatic N) is 1. The van der Waals surface area contributed by atoms with Crippen LogP contribution in [-0.4, -0.2) is 39.7 Å². The average Bonchev–Trinajstić information content (AvgIpc) is 3.07. The van der Waals surface area contributed by atoms with Gasteiger partial charge in [-0.05, 0) is 110 Å². The van der Waals surface area contributed by atoms with Crippen LogP contribution in [0.1, 0.15) is 49.3 Å². The van der Waals surface area contributed by atoms with Crippen LogP contribution in [-0.2, 0) is 33.1 Å². The van der Waals surface area contributed by atoms with Crippen LogP contribution in [0.3, 0.4) is 0 Å². The fourth-order valence-corrected chi connectivity index (χ4v) is 8.87. The molecular formula is C33H37ClN2O4S2. The Hall–Kier alpha value is -2.52. The van der Waals surface area contributed by atoms with Gasteiger partial charge in [-0.3, -0.25) is 4.79 Å². The molecule has 0 bridgehead atoms. The topological polar surface area (TPSA) is 89.7 Å². The Labute approximate surface area is 258 Å². The first-order chi connectivity index (χ1) is 20.1. The molecule has 6 rings (SSSR count). The number of hydrogen-bond donors (Lipinski definition) is 1. The molecule has 1 saturated carbocycles. The maximum absolute atomic E-state index is 12.3. The molecular weight excluding hydrogens is 588 g/mol. The van der Waals surface area contributed by atoms with Gasteiger partial charge in [0.05, 0.1) is 17.2 Å². The van der Waals surface area contributed by atoms with E-state index < -0.39 is 10.0 Å². The zero-order chi connectivity index (χ0) is 29.5. The number of fused-ring (bicyclic) bond motifs is 3. The first-order valence-electron chi connectivity index (χ1n) is 14.6. The van der Waals surface area contributed by atoms with Crippen molar-refractivity contribution < 1.29 is 17.9 Å². The molecule has 1 fully saturated rings. The minimum Gasteiger partial charge on any atom is -0.490 e. The Kier molecular flexibility index (Phi) is 8.35. The summed E-state index contributed by atoms with van der Waals surface area (Å²) >= 11 is 8.24. The highest BCUT2D eigenvalue weighted by Gasteiger charge is 2.43. The summed E-state index contributed by atoms with van der Waals surface area (Å²) in [5, 5.41) is 6.31.